The Labute approximate surface area is 166 Å². The number of aromatic amines is 1. The molecule has 2 fully saturated rings. The van der Waals surface area contributed by atoms with Crippen molar-refractivity contribution in [1.29, 1.82) is 0 Å². The second-order valence-electron chi connectivity index (χ2n) is 8.29. The summed E-state index contributed by atoms with van der Waals surface area (Å²) in [5.74, 6) is -0.379. The van der Waals surface area contributed by atoms with Crippen LogP contribution in [-0.2, 0) is 13.6 Å². The second-order valence-corrected chi connectivity index (χ2v) is 8.29. The summed E-state index contributed by atoms with van der Waals surface area (Å²) in [4.78, 5) is 42.2. The number of H-pyrrole nitrogens is 1. The molecule has 1 amide bonds. The molecule has 29 heavy (non-hydrogen) atoms. The molecule has 0 saturated carbocycles. The van der Waals surface area contributed by atoms with E-state index in [0.717, 1.165) is 50.2 Å². The molecule has 2 saturated heterocycles. The molecular formula is C21H22N4O4. The van der Waals surface area contributed by atoms with Gasteiger partial charge >= 0.3 is 5.76 Å². The van der Waals surface area contributed by atoms with E-state index in [1.54, 1.807) is 13.1 Å². The third-order valence-corrected chi connectivity index (χ3v) is 6.15. The third kappa shape index (κ3) is 3.09. The van der Waals surface area contributed by atoms with E-state index in [2.05, 4.69) is 9.88 Å². The Hall–Kier alpha value is -3.13. The Morgan fingerprint density at radius 2 is 2.00 bits per heavy atom. The summed E-state index contributed by atoms with van der Waals surface area (Å²) in [7, 11) is 1.71. The van der Waals surface area contributed by atoms with Gasteiger partial charge in [-0.2, -0.15) is 0 Å². The number of aromatic nitrogens is 2. The van der Waals surface area contributed by atoms with Gasteiger partial charge in [-0.05, 0) is 36.7 Å². The lowest BCUT2D eigenvalue weighted by atomic mass is 9.79. The molecule has 2 aromatic heterocycles. The summed E-state index contributed by atoms with van der Waals surface area (Å²) >= 11 is 0. The van der Waals surface area contributed by atoms with Crippen LogP contribution in [0.25, 0.3) is 11.1 Å². The van der Waals surface area contributed by atoms with Crippen LogP contribution >= 0.6 is 0 Å². The Bertz CT molecular complexity index is 1190. The van der Waals surface area contributed by atoms with Gasteiger partial charge in [-0.25, -0.2) is 4.79 Å². The van der Waals surface area contributed by atoms with Gasteiger partial charge in [-0.3, -0.25) is 19.1 Å². The Kier molecular flexibility index (Phi) is 3.99. The van der Waals surface area contributed by atoms with Crippen LogP contribution in [0.1, 0.15) is 22.3 Å². The number of carbonyl (C=O) groups excluding carboxylic acids is 1. The van der Waals surface area contributed by atoms with Crippen LogP contribution in [0.4, 0.5) is 0 Å². The molecule has 8 nitrogen and oxygen atoms in total. The van der Waals surface area contributed by atoms with Gasteiger partial charge in [0, 0.05) is 50.9 Å². The number of nitrogens with one attached hydrogen (secondary N) is 1. The molecule has 0 bridgehead atoms. The molecule has 150 valence electrons. The Morgan fingerprint density at radius 1 is 1.17 bits per heavy atom. The minimum Gasteiger partial charge on any atom is -0.408 e. The topological polar surface area (TPSA) is 91.6 Å². The molecule has 1 N–H and O–H groups in total. The van der Waals surface area contributed by atoms with Gasteiger partial charge in [0.2, 0.25) is 5.56 Å². The van der Waals surface area contributed by atoms with E-state index in [1.807, 2.05) is 23.1 Å². The minimum atomic E-state index is -0.348. The van der Waals surface area contributed by atoms with Crippen LogP contribution in [0, 0.1) is 5.41 Å². The summed E-state index contributed by atoms with van der Waals surface area (Å²) in [6, 6.07) is 8.83. The van der Waals surface area contributed by atoms with Crippen molar-refractivity contribution in [2.45, 2.75) is 13.0 Å². The zero-order chi connectivity index (χ0) is 20.2. The van der Waals surface area contributed by atoms with Gasteiger partial charge in [0.05, 0.1) is 11.1 Å². The van der Waals surface area contributed by atoms with Crippen molar-refractivity contribution in [1.82, 2.24) is 19.4 Å². The molecule has 0 aliphatic carbocycles. The van der Waals surface area contributed by atoms with Crippen molar-refractivity contribution in [3.8, 4) is 0 Å². The monoisotopic (exact) mass is 394 g/mol. The highest BCUT2D eigenvalue weighted by Gasteiger charge is 2.49. The number of hydrogen-bond donors (Lipinski definition) is 1. The highest BCUT2D eigenvalue weighted by atomic mass is 16.4. The van der Waals surface area contributed by atoms with Crippen LogP contribution in [-0.4, -0.2) is 51.4 Å². The molecular weight excluding hydrogens is 372 g/mol. The maximum absolute atomic E-state index is 12.6. The van der Waals surface area contributed by atoms with Crippen molar-refractivity contribution in [2.75, 3.05) is 26.2 Å². The maximum Gasteiger partial charge on any atom is 0.419 e. The fraction of sp³-hybridized carbons (Fsp3) is 0.381. The maximum atomic E-state index is 12.6. The summed E-state index contributed by atoms with van der Waals surface area (Å²) in [5, 5.41) is 0. The summed E-state index contributed by atoms with van der Waals surface area (Å²) < 4.78 is 6.72. The van der Waals surface area contributed by atoms with Crippen LogP contribution in [0.3, 0.4) is 0 Å². The number of nitrogens with zero attached hydrogens (tertiary/aromatic N) is 3. The lowest BCUT2D eigenvalue weighted by molar-refractivity contribution is 0.0103. The van der Waals surface area contributed by atoms with E-state index in [4.69, 9.17) is 4.42 Å². The number of aryl methyl sites for hydroxylation is 1. The molecule has 1 spiro atoms. The lowest BCUT2D eigenvalue weighted by Gasteiger charge is -2.48. The fourth-order valence-corrected chi connectivity index (χ4v) is 4.58. The van der Waals surface area contributed by atoms with Gasteiger partial charge in [0.25, 0.3) is 5.91 Å². The van der Waals surface area contributed by atoms with Gasteiger partial charge in [0.15, 0.2) is 5.58 Å². The molecule has 0 unspecified atom stereocenters. The number of carbonyl (C=O) groups is 1. The first kappa shape index (κ1) is 17.9. The van der Waals surface area contributed by atoms with Crippen molar-refractivity contribution in [2.24, 2.45) is 12.5 Å². The number of pyridine rings is 1. The van der Waals surface area contributed by atoms with Gasteiger partial charge in [-0.1, -0.05) is 6.07 Å². The van der Waals surface area contributed by atoms with Crippen molar-refractivity contribution < 1.29 is 9.21 Å². The third-order valence-electron chi connectivity index (χ3n) is 6.15. The molecule has 8 heteroatoms. The second kappa shape index (κ2) is 6.45. The SMILES string of the molecule is Cn1c(=O)oc2ccc(CN3CCC4(C3)CN(C(=O)c3ccc(=O)[nH]c3)C4)cc21. The van der Waals surface area contributed by atoms with Gasteiger partial charge < -0.3 is 14.3 Å². The van der Waals surface area contributed by atoms with Crippen molar-refractivity contribution >= 4 is 17.0 Å². The quantitative estimate of drug-likeness (QED) is 0.720. The standard InChI is InChI=1S/C21H22N4O4/c1-23-16-8-14(2-4-17(16)29-20(23)28)10-24-7-6-21(11-24)12-25(13-21)19(27)15-3-5-18(26)22-9-15/h2-5,8-9H,6-7,10-13H2,1H3,(H,22,26). The molecule has 0 atom stereocenters. The number of rotatable bonds is 3. The fourth-order valence-electron chi connectivity index (χ4n) is 4.58. The zero-order valence-corrected chi connectivity index (χ0v) is 16.2. The molecule has 4 heterocycles. The molecule has 2 aliphatic rings. The van der Waals surface area contributed by atoms with E-state index in [0.29, 0.717) is 11.1 Å². The number of likely N-dealkylation sites (tertiary alicyclic amines) is 2. The number of hydrogen-bond acceptors (Lipinski definition) is 5. The molecule has 3 aromatic rings. The van der Waals surface area contributed by atoms with Crippen LogP contribution in [0.5, 0.6) is 0 Å². The van der Waals surface area contributed by atoms with Gasteiger partial charge in [0.1, 0.15) is 0 Å². The number of amides is 1. The largest absolute Gasteiger partial charge is 0.419 e. The number of oxazole rings is 1. The zero-order valence-electron chi connectivity index (χ0n) is 16.2. The van der Waals surface area contributed by atoms with E-state index in [-0.39, 0.29) is 22.6 Å². The minimum absolute atomic E-state index is 0.0309. The van der Waals surface area contributed by atoms with Crippen molar-refractivity contribution in [3.63, 3.8) is 0 Å². The highest BCUT2D eigenvalue weighted by Crippen LogP contribution is 2.40. The lowest BCUT2D eigenvalue weighted by Crippen LogP contribution is -2.59. The average molecular weight is 394 g/mol. The molecule has 2 aliphatic heterocycles. The summed E-state index contributed by atoms with van der Waals surface area (Å²) in [5.41, 5.74) is 3.03. The first-order chi connectivity index (χ1) is 13.9. The van der Waals surface area contributed by atoms with E-state index < -0.39 is 0 Å². The first-order valence-corrected chi connectivity index (χ1v) is 9.71. The molecule has 5 rings (SSSR count). The molecule has 1 aromatic carbocycles. The normalized spacial score (nSPS) is 18.4. The predicted octanol–water partition coefficient (Wildman–Crippen LogP) is 1.17. The highest BCUT2D eigenvalue weighted by molar-refractivity contribution is 5.94. The summed E-state index contributed by atoms with van der Waals surface area (Å²) in [6.07, 6.45) is 2.55. The van der Waals surface area contributed by atoms with Gasteiger partial charge in [-0.15, -0.1) is 0 Å². The first-order valence-electron chi connectivity index (χ1n) is 9.71. The Balaban J connectivity index is 1.23. The summed E-state index contributed by atoms with van der Waals surface area (Å²) in [6.45, 7) is 4.24. The van der Waals surface area contributed by atoms with Crippen molar-refractivity contribution in [3.05, 3.63) is 68.6 Å². The predicted molar refractivity (Wildman–Crippen MR) is 107 cm³/mol. The number of benzene rings is 1. The van der Waals surface area contributed by atoms with E-state index in [9.17, 15) is 14.4 Å². The number of fused-ring (bicyclic) bond motifs is 1. The average Bonchev–Trinajstić information content (AvgIpc) is 3.23. The smallest absolute Gasteiger partial charge is 0.408 e. The van der Waals surface area contributed by atoms with Crippen LogP contribution < -0.4 is 11.3 Å². The van der Waals surface area contributed by atoms with Crippen LogP contribution in [0.2, 0.25) is 0 Å². The van der Waals surface area contributed by atoms with Crippen LogP contribution in [0.15, 0.2) is 50.5 Å². The molecule has 0 radical (unpaired) electrons. The van der Waals surface area contributed by atoms with E-state index >= 15 is 0 Å². The Morgan fingerprint density at radius 3 is 2.76 bits per heavy atom. The van der Waals surface area contributed by atoms with E-state index in [1.165, 1.54) is 16.8 Å².